The lowest BCUT2D eigenvalue weighted by Crippen LogP contribution is -2.64. The molecule has 11 atom stereocenters. The van der Waals surface area contributed by atoms with E-state index in [1.54, 1.807) is 44.2 Å². The van der Waals surface area contributed by atoms with Gasteiger partial charge in [-0.1, -0.05) is 44.2 Å². The van der Waals surface area contributed by atoms with Crippen LogP contribution in [0.15, 0.2) is 35.3 Å². The van der Waals surface area contributed by atoms with Gasteiger partial charge in [-0.2, -0.15) is 8.42 Å². The van der Waals surface area contributed by atoms with Crippen molar-refractivity contribution in [2.24, 2.45) is 28.3 Å². The fourth-order valence-corrected chi connectivity index (χ4v) is 8.00. The van der Waals surface area contributed by atoms with Gasteiger partial charge in [0.05, 0.1) is 12.7 Å². The van der Waals surface area contributed by atoms with Crippen LogP contribution in [0, 0.1) is 11.8 Å². The molecule has 20 heteroatoms. The van der Waals surface area contributed by atoms with E-state index in [0.29, 0.717) is 50.6 Å². The van der Waals surface area contributed by atoms with E-state index in [-0.39, 0.29) is 30.2 Å². The molecule has 10 N–H and O–H groups in total. The number of guanidine groups is 1. The highest BCUT2D eigenvalue weighted by molar-refractivity contribution is 7.80. The molecular formula is C34H53ClN6O12S. The van der Waals surface area contributed by atoms with Gasteiger partial charge in [-0.15, -0.1) is 11.6 Å². The van der Waals surface area contributed by atoms with Crippen molar-refractivity contribution in [3.63, 3.8) is 0 Å². The first kappa shape index (κ1) is 43.6. The van der Waals surface area contributed by atoms with Crippen LogP contribution >= 0.6 is 11.6 Å². The summed E-state index contributed by atoms with van der Waals surface area (Å²) in [5.74, 6) is -3.08. The number of aliphatic hydroxyl groups excluding tert-OH is 3. The molecule has 2 aliphatic heterocycles. The number of halogens is 1. The highest BCUT2D eigenvalue weighted by Gasteiger charge is 2.52. The van der Waals surface area contributed by atoms with Crippen molar-refractivity contribution in [1.29, 1.82) is 0 Å². The van der Waals surface area contributed by atoms with Crippen molar-refractivity contribution in [3.05, 3.63) is 35.9 Å². The lowest BCUT2D eigenvalue weighted by atomic mass is 9.84. The van der Waals surface area contributed by atoms with E-state index >= 15 is 4.79 Å². The van der Waals surface area contributed by atoms with Crippen LogP contribution in [0.2, 0.25) is 0 Å². The molecule has 2 heterocycles. The molecule has 1 aromatic rings. The number of unbranched alkanes of at least 4 members (excludes halogenated alkanes) is 1. The molecule has 1 aliphatic carbocycles. The van der Waals surface area contributed by atoms with Crippen molar-refractivity contribution in [2.45, 2.75) is 119 Å². The minimum absolute atomic E-state index is 0.0427. The normalized spacial score (nSPS) is 28.8. The summed E-state index contributed by atoms with van der Waals surface area (Å²) in [6.45, 7) is 3.53. The van der Waals surface area contributed by atoms with E-state index in [0.717, 1.165) is 0 Å². The van der Waals surface area contributed by atoms with Crippen molar-refractivity contribution >= 4 is 45.7 Å². The molecule has 3 fully saturated rings. The number of alkyl halides is 1. The minimum Gasteiger partial charge on any atom is -0.388 e. The SMILES string of the molecule is CC(C)C(OC1OCC(O)C(O)C1O)C(NC(=O)C(Cc1ccccc1)OS(=O)(=O)O)C(=O)N1C(C(=O)NCCCCN=C(N)N)CC2CCC(Cl)CC21. The summed E-state index contributed by atoms with van der Waals surface area (Å²) in [5.41, 5.74) is 11.2. The van der Waals surface area contributed by atoms with Gasteiger partial charge in [0.25, 0.3) is 5.91 Å². The Morgan fingerprint density at radius 3 is 2.43 bits per heavy atom. The van der Waals surface area contributed by atoms with Crippen molar-refractivity contribution in [1.82, 2.24) is 15.5 Å². The second-order valence-electron chi connectivity index (χ2n) is 14.3. The van der Waals surface area contributed by atoms with Gasteiger partial charge < -0.3 is 51.8 Å². The molecule has 0 aromatic heterocycles. The van der Waals surface area contributed by atoms with Crippen LogP contribution in [-0.2, 0) is 44.9 Å². The fourth-order valence-electron chi connectivity index (χ4n) is 7.24. The second kappa shape index (κ2) is 19.6. The van der Waals surface area contributed by atoms with Crippen LogP contribution in [-0.4, -0.2) is 137 Å². The van der Waals surface area contributed by atoms with Crippen LogP contribution in [0.5, 0.6) is 0 Å². The first-order valence-electron chi connectivity index (χ1n) is 18.1. The third kappa shape index (κ3) is 11.9. The van der Waals surface area contributed by atoms with E-state index in [2.05, 4.69) is 15.6 Å². The molecule has 0 radical (unpaired) electrons. The van der Waals surface area contributed by atoms with Crippen molar-refractivity contribution < 1.29 is 56.3 Å². The lowest BCUT2D eigenvalue weighted by Gasteiger charge is -2.42. The molecule has 11 unspecified atom stereocenters. The number of nitrogens with one attached hydrogen (secondary N) is 2. The molecular weight excluding hydrogens is 752 g/mol. The number of aliphatic imine (C=N–C) groups is 1. The summed E-state index contributed by atoms with van der Waals surface area (Å²) in [6, 6.07) is 5.07. The Balaban J connectivity index is 1.70. The molecule has 54 heavy (non-hydrogen) atoms. The highest BCUT2D eigenvalue weighted by Crippen LogP contribution is 2.42. The Morgan fingerprint density at radius 2 is 1.78 bits per heavy atom. The average Bonchev–Trinajstić information content (AvgIpc) is 3.48. The Kier molecular flexibility index (Phi) is 15.8. The number of hydrogen-bond donors (Lipinski definition) is 8. The molecule has 304 valence electrons. The van der Waals surface area contributed by atoms with Gasteiger partial charge in [0.15, 0.2) is 18.4 Å². The Hall–Kier alpha value is -3.14. The average molecular weight is 805 g/mol. The summed E-state index contributed by atoms with van der Waals surface area (Å²) in [6.07, 6.45) is -6.83. The number of hydrogen-bond acceptors (Lipinski definition) is 12. The van der Waals surface area contributed by atoms with E-state index in [1.807, 2.05) is 0 Å². The summed E-state index contributed by atoms with van der Waals surface area (Å²) in [7, 11) is -5.18. The summed E-state index contributed by atoms with van der Waals surface area (Å²) >= 11 is 6.62. The molecule has 4 rings (SSSR count). The molecule has 1 saturated carbocycles. The summed E-state index contributed by atoms with van der Waals surface area (Å²) < 4.78 is 49.9. The van der Waals surface area contributed by atoms with Crippen LogP contribution in [0.4, 0.5) is 0 Å². The largest absolute Gasteiger partial charge is 0.398 e. The molecule has 2 saturated heterocycles. The first-order valence-corrected chi connectivity index (χ1v) is 19.9. The monoisotopic (exact) mass is 804 g/mol. The number of nitrogens with two attached hydrogens (primary N) is 2. The number of rotatable bonds is 17. The number of carbonyl (C=O) groups excluding carboxylic acids is 3. The van der Waals surface area contributed by atoms with Crippen LogP contribution in [0.3, 0.4) is 0 Å². The second-order valence-corrected chi connectivity index (χ2v) is 16.0. The number of ether oxygens (including phenoxy) is 2. The Bertz CT molecular complexity index is 1550. The smallest absolute Gasteiger partial charge is 0.388 e. The van der Waals surface area contributed by atoms with Gasteiger partial charge in [0, 0.05) is 30.9 Å². The van der Waals surface area contributed by atoms with Gasteiger partial charge in [-0.3, -0.25) is 23.9 Å². The topological polar surface area (TPSA) is 286 Å². The lowest BCUT2D eigenvalue weighted by molar-refractivity contribution is -0.288. The number of nitrogens with zero attached hydrogens (tertiary/aromatic N) is 2. The number of fused-ring (bicyclic) bond motifs is 1. The molecule has 3 amide bonds. The molecule has 3 aliphatic rings. The number of benzene rings is 1. The standard InChI is InChI=1S/C34H53ClN6O12S/c1-18(2)29(52-33-28(44)27(43)24(42)17-51-33)26(40-31(46)25(53-54(48,49)50)14-19-8-4-3-5-9-19)32(47)41-22-16-21(35)11-10-20(22)15-23(41)30(45)38-12-6-7-13-39-34(36)37/h3-5,8-9,18,20-29,33,42-44H,6-7,10-17H2,1-2H3,(H,38,45)(H,40,46)(H4,36,37,39)(H,48,49,50). The quantitative estimate of drug-likeness (QED) is 0.0306. The number of amides is 3. The number of aliphatic hydroxyl groups is 3. The first-order chi connectivity index (χ1) is 25.5. The third-order valence-corrected chi connectivity index (χ3v) is 10.8. The Labute approximate surface area is 319 Å². The van der Waals surface area contributed by atoms with Crippen LogP contribution in [0.1, 0.15) is 57.9 Å². The number of carbonyl (C=O) groups is 3. The summed E-state index contributed by atoms with van der Waals surface area (Å²) in [5, 5.41) is 36.3. The molecule has 0 bridgehead atoms. The van der Waals surface area contributed by atoms with Crippen LogP contribution in [0.25, 0.3) is 0 Å². The Morgan fingerprint density at radius 1 is 1.07 bits per heavy atom. The predicted octanol–water partition coefficient (Wildman–Crippen LogP) is -1.07. The zero-order chi connectivity index (χ0) is 39.7. The maximum Gasteiger partial charge on any atom is 0.398 e. The predicted molar refractivity (Wildman–Crippen MR) is 195 cm³/mol. The molecule has 18 nitrogen and oxygen atoms in total. The van der Waals surface area contributed by atoms with Crippen molar-refractivity contribution in [2.75, 3.05) is 19.7 Å². The van der Waals surface area contributed by atoms with E-state index in [1.165, 1.54) is 4.90 Å². The zero-order valence-electron chi connectivity index (χ0n) is 30.3. The van der Waals surface area contributed by atoms with Gasteiger partial charge in [0.2, 0.25) is 11.8 Å². The van der Waals surface area contributed by atoms with E-state index in [4.69, 9.17) is 36.7 Å². The van der Waals surface area contributed by atoms with Gasteiger partial charge in [0.1, 0.15) is 30.4 Å². The van der Waals surface area contributed by atoms with Gasteiger partial charge in [-0.05, 0) is 55.9 Å². The molecule has 0 spiro atoms. The maximum absolute atomic E-state index is 15.1. The highest BCUT2D eigenvalue weighted by atomic mass is 35.5. The minimum atomic E-state index is -5.18. The van der Waals surface area contributed by atoms with E-state index in [9.17, 15) is 37.9 Å². The maximum atomic E-state index is 15.1. The number of likely N-dealkylation sites (tertiary alicyclic amines) is 1. The zero-order valence-corrected chi connectivity index (χ0v) is 31.8. The molecule has 1 aromatic carbocycles. The third-order valence-electron chi connectivity index (χ3n) is 9.94. The van der Waals surface area contributed by atoms with Gasteiger partial charge in [-0.25, -0.2) is 4.18 Å². The summed E-state index contributed by atoms with van der Waals surface area (Å²) in [4.78, 5) is 48.3. The van der Waals surface area contributed by atoms with E-state index < -0.39 is 95.6 Å². The van der Waals surface area contributed by atoms with Crippen LogP contribution < -0.4 is 22.1 Å². The fraction of sp³-hybridized carbons (Fsp3) is 0.706. The van der Waals surface area contributed by atoms with Crippen molar-refractivity contribution in [3.8, 4) is 0 Å². The van der Waals surface area contributed by atoms with Gasteiger partial charge >= 0.3 is 10.4 Å².